The molecular formula is C15H22N2O2S2. The third-order valence-electron chi connectivity index (χ3n) is 3.42. The van der Waals surface area contributed by atoms with Gasteiger partial charge in [0.05, 0.1) is 11.9 Å². The molecule has 116 valence electrons. The van der Waals surface area contributed by atoms with Gasteiger partial charge in [0.25, 0.3) is 0 Å². The van der Waals surface area contributed by atoms with Gasteiger partial charge in [-0.3, -0.25) is 9.59 Å². The molecule has 1 aromatic heterocycles. The SMILES string of the molecule is C[C@@H](NC(=O)[C@@H]1CSCN1C(=O)C(C)(C)C)c1cccs1. The summed E-state index contributed by atoms with van der Waals surface area (Å²) in [5.41, 5.74) is -0.456. The van der Waals surface area contributed by atoms with E-state index in [-0.39, 0.29) is 23.9 Å². The molecule has 1 aromatic rings. The van der Waals surface area contributed by atoms with Gasteiger partial charge in [-0.05, 0) is 18.4 Å². The topological polar surface area (TPSA) is 49.4 Å². The summed E-state index contributed by atoms with van der Waals surface area (Å²) in [5.74, 6) is 1.25. The van der Waals surface area contributed by atoms with Crippen LogP contribution in [0.4, 0.5) is 0 Å². The zero-order valence-electron chi connectivity index (χ0n) is 12.9. The lowest BCUT2D eigenvalue weighted by molar-refractivity contribution is -0.144. The molecule has 0 spiro atoms. The molecule has 1 fully saturated rings. The van der Waals surface area contributed by atoms with Crippen LogP contribution in [0.15, 0.2) is 17.5 Å². The van der Waals surface area contributed by atoms with Crippen LogP contribution in [0, 0.1) is 5.41 Å². The van der Waals surface area contributed by atoms with E-state index >= 15 is 0 Å². The number of thiophene rings is 1. The Morgan fingerprint density at radius 1 is 1.43 bits per heavy atom. The molecule has 1 aliphatic heterocycles. The van der Waals surface area contributed by atoms with Gasteiger partial charge in [-0.15, -0.1) is 23.1 Å². The summed E-state index contributed by atoms with van der Waals surface area (Å²) in [5, 5.41) is 5.02. The number of rotatable bonds is 3. The highest BCUT2D eigenvalue weighted by Gasteiger charge is 2.39. The fourth-order valence-corrected chi connectivity index (χ4v) is 4.10. The first-order valence-corrected chi connectivity index (χ1v) is 9.06. The number of nitrogens with one attached hydrogen (secondary N) is 1. The Bertz CT molecular complexity index is 508. The predicted octanol–water partition coefficient (Wildman–Crippen LogP) is 2.87. The van der Waals surface area contributed by atoms with E-state index in [4.69, 9.17) is 0 Å². The number of amides is 2. The van der Waals surface area contributed by atoms with Crippen molar-refractivity contribution < 1.29 is 9.59 Å². The van der Waals surface area contributed by atoms with Crippen molar-refractivity contribution in [3.05, 3.63) is 22.4 Å². The van der Waals surface area contributed by atoms with Crippen LogP contribution in [-0.2, 0) is 9.59 Å². The maximum Gasteiger partial charge on any atom is 0.244 e. The third kappa shape index (κ3) is 3.80. The maximum atomic E-state index is 12.5. The van der Waals surface area contributed by atoms with Gasteiger partial charge >= 0.3 is 0 Å². The number of thioether (sulfide) groups is 1. The summed E-state index contributed by atoms with van der Waals surface area (Å²) in [6.07, 6.45) is 0. The molecule has 0 bridgehead atoms. The zero-order valence-corrected chi connectivity index (χ0v) is 14.5. The molecule has 0 radical (unpaired) electrons. The fraction of sp³-hybridized carbons (Fsp3) is 0.600. The average molecular weight is 326 g/mol. The second-order valence-corrected chi connectivity index (χ2v) is 8.27. The maximum absolute atomic E-state index is 12.5. The van der Waals surface area contributed by atoms with Crippen molar-refractivity contribution in [1.29, 1.82) is 0 Å². The molecule has 1 saturated heterocycles. The standard InChI is InChI=1S/C15H22N2O2S2/c1-10(12-6-5-7-21-12)16-13(18)11-8-20-9-17(11)14(19)15(2,3)4/h5-7,10-11H,8-9H2,1-4H3,(H,16,18)/t10-,11+/m1/s1. The number of hydrogen-bond acceptors (Lipinski definition) is 4. The summed E-state index contributed by atoms with van der Waals surface area (Å²) < 4.78 is 0. The molecular weight excluding hydrogens is 304 g/mol. The number of nitrogens with zero attached hydrogens (tertiary/aromatic N) is 1. The van der Waals surface area contributed by atoms with Crippen molar-refractivity contribution in [3.63, 3.8) is 0 Å². The van der Waals surface area contributed by atoms with Crippen molar-refractivity contribution >= 4 is 34.9 Å². The summed E-state index contributed by atoms with van der Waals surface area (Å²) in [6.45, 7) is 7.65. The van der Waals surface area contributed by atoms with E-state index in [2.05, 4.69) is 5.32 Å². The van der Waals surface area contributed by atoms with E-state index in [1.807, 2.05) is 45.2 Å². The van der Waals surface area contributed by atoms with Crippen molar-refractivity contribution in [2.75, 3.05) is 11.6 Å². The van der Waals surface area contributed by atoms with Gasteiger partial charge in [0.1, 0.15) is 6.04 Å². The minimum Gasteiger partial charge on any atom is -0.347 e. The molecule has 0 aromatic carbocycles. The van der Waals surface area contributed by atoms with Crippen molar-refractivity contribution in [3.8, 4) is 0 Å². The Labute approximate surface area is 134 Å². The highest BCUT2D eigenvalue weighted by molar-refractivity contribution is 7.99. The van der Waals surface area contributed by atoms with Crippen LogP contribution in [0.5, 0.6) is 0 Å². The van der Waals surface area contributed by atoms with E-state index in [0.29, 0.717) is 11.6 Å². The van der Waals surface area contributed by atoms with Crippen molar-refractivity contribution in [1.82, 2.24) is 10.2 Å². The highest BCUT2D eigenvalue weighted by Crippen LogP contribution is 2.28. The summed E-state index contributed by atoms with van der Waals surface area (Å²) in [4.78, 5) is 27.7. The van der Waals surface area contributed by atoms with Gasteiger partial charge in [0.15, 0.2) is 0 Å². The smallest absolute Gasteiger partial charge is 0.244 e. The van der Waals surface area contributed by atoms with E-state index in [0.717, 1.165) is 4.88 Å². The Morgan fingerprint density at radius 3 is 2.71 bits per heavy atom. The molecule has 1 aliphatic rings. The van der Waals surface area contributed by atoms with E-state index in [1.165, 1.54) is 0 Å². The molecule has 2 heterocycles. The minimum atomic E-state index is -0.456. The Balaban J connectivity index is 2.03. The lowest BCUT2D eigenvalue weighted by Crippen LogP contribution is -2.50. The average Bonchev–Trinajstić information content (AvgIpc) is 3.07. The van der Waals surface area contributed by atoms with E-state index < -0.39 is 5.41 Å². The zero-order chi connectivity index (χ0) is 15.6. The molecule has 4 nitrogen and oxygen atoms in total. The van der Waals surface area contributed by atoms with Crippen LogP contribution in [0.2, 0.25) is 0 Å². The van der Waals surface area contributed by atoms with Crippen LogP contribution < -0.4 is 5.32 Å². The van der Waals surface area contributed by atoms with Gasteiger partial charge in [0.2, 0.25) is 11.8 Å². The van der Waals surface area contributed by atoms with Crippen LogP contribution in [-0.4, -0.2) is 34.4 Å². The number of carbonyl (C=O) groups excluding carboxylic acids is 2. The Morgan fingerprint density at radius 2 is 2.14 bits per heavy atom. The fourth-order valence-electron chi connectivity index (χ4n) is 2.21. The van der Waals surface area contributed by atoms with Crippen LogP contribution in [0.25, 0.3) is 0 Å². The number of hydrogen-bond donors (Lipinski definition) is 1. The molecule has 1 N–H and O–H groups in total. The molecule has 0 unspecified atom stereocenters. The Kier molecular flexibility index (Phi) is 4.99. The first-order valence-electron chi connectivity index (χ1n) is 7.03. The lowest BCUT2D eigenvalue weighted by Gasteiger charge is -2.30. The van der Waals surface area contributed by atoms with Crippen LogP contribution in [0.3, 0.4) is 0 Å². The third-order valence-corrected chi connectivity index (χ3v) is 5.48. The number of carbonyl (C=O) groups is 2. The van der Waals surface area contributed by atoms with Crippen molar-refractivity contribution in [2.24, 2.45) is 5.41 Å². The monoisotopic (exact) mass is 326 g/mol. The van der Waals surface area contributed by atoms with Gasteiger partial charge in [-0.1, -0.05) is 26.8 Å². The molecule has 21 heavy (non-hydrogen) atoms. The predicted molar refractivity (Wildman–Crippen MR) is 88.3 cm³/mol. The largest absolute Gasteiger partial charge is 0.347 e. The minimum absolute atomic E-state index is 0.0188. The van der Waals surface area contributed by atoms with Gasteiger partial charge in [0, 0.05) is 16.0 Å². The molecule has 6 heteroatoms. The molecule has 0 saturated carbocycles. The van der Waals surface area contributed by atoms with Crippen LogP contribution >= 0.6 is 23.1 Å². The van der Waals surface area contributed by atoms with Gasteiger partial charge in [-0.25, -0.2) is 0 Å². The Hall–Kier alpha value is -1.01. The molecule has 2 rings (SSSR count). The normalized spacial score (nSPS) is 20.4. The second-order valence-electron chi connectivity index (χ2n) is 6.29. The summed E-state index contributed by atoms with van der Waals surface area (Å²) in [6, 6.07) is 3.61. The highest BCUT2D eigenvalue weighted by atomic mass is 32.2. The van der Waals surface area contributed by atoms with Gasteiger partial charge in [-0.2, -0.15) is 0 Å². The first kappa shape index (κ1) is 16.4. The quantitative estimate of drug-likeness (QED) is 0.929. The van der Waals surface area contributed by atoms with Gasteiger partial charge < -0.3 is 10.2 Å². The van der Waals surface area contributed by atoms with Crippen molar-refractivity contribution in [2.45, 2.75) is 39.8 Å². The lowest BCUT2D eigenvalue weighted by atomic mass is 9.94. The molecule has 2 atom stereocenters. The van der Waals surface area contributed by atoms with E-state index in [9.17, 15) is 9.59 Å². The van der Waals surface area contributed by atoms with E-state index in [1.54, 1.807) is 28.0 Å². The summed E-state index contributed by atoms with van der Waals surface area (Å²) >= 11 is 3.26. The summed E-state index contributed by atoms with van der Waals surface area (Å²) in [7, 11) is 0. The second kappa shape index (κ2) is 6.40. The first-order chi connectivity index (χ1) is 9.80. The molecule has 0 aliphatic carbocycles. The van der Waals surface area contributed by atoms with Crippen LogP contribution in [0.1, 0.15) is 38.6 Å². The molecule has 2 amide bonds.